The van der Waals surface area contributed by atoms with E-state index in [9.17, 15) is 10.1 Å². The van der Waals surface area contributed by atoms with Crippen molar-refractivity contribution < 1.29 is 4.92 Å². The summed E-state index contributed by atoms with van der Waals surface area (Å²) in [4.78, 5) is 15.3. The summed E-state index contributed by atoms with van der Waals surface area (Å²) in [5.41, 5.74) is 0.961. The van der Waals surface area contributed by atoms with Crippen LogP contribution in [-0.2, 0) is 6.42 Å². The highest BCUT2D eigenvalue weighted by Gasteiger charge is 2.25. The second-order valence-electron chi connectivity index (χ2n) is 4.86. The standard InChI is InChI=1S/C13H11Br2ClN2O2/c1-6(2)3-10-13(18(19)20)11(16)8-4-7(14)5-9(15)12(8)17-10/h4-6H,3H2,1-2H3. The number of nitro groups is 1. The Kier molecular flexibility index (Phi) is 4.66. The molecule has 0 unspecified atom stereocenters. The zero-order valence-corrected chi connectivity index (χ0v) is 14.7. The monoisotopic (exact) mass is 420 g/mol. The van der Waals surface area contributed by atoms with Gasteiger partial charge in [0.25, 0.3) is 0 Å². The minimum absolute atomic E-state index is 0.0992. The fraction of sp³-hybridized carbons (Fsp3) is 0.308. The highest BCUT2D eigenvalue weighted by Crippen LogP contribution is 2.39. The summed E-state index contributed by atoms with van der Waals surface area (Å²) in [5, 5.41) is 12.0. The smallest absolute Gasteiger partial charge is 0.258 e. The largest absolute Gasteiger partial charge is 0.309 e. The third-order valence-corrected chi connectivity index (χ3v) is 4.22. The molecular weight excluding hydrogens is 411 g/mol. The summed E-state index contributed by atoms with van der Waals surface area (Å²) in [6, 6.07) is 3.58. The molecule has 0 aliphatic heterocycles. The second-order valence-corrected chi connectivity index (χ2v) is 7.01. The summed E-state index contributed by atoms with van der Waals surface area (Å²) in [6.07, 6.45) is 0.508. The van der Waals surface area contributed by atoms with Crippen molar-refractivity contribution in [3.63, 3.8) is 0 Å². The average Bonchev–Trinajstić information content (AvgIpc) is 2.29. The number of hydrogen-bond donors (Lipinski definition) is 0. The number of aromatic nitrogens is 1. The third-order valence-electron chi connectivity index (χ3n) is 2.78. The van der Waals surface area contributed by atoms with Gasteiger partial charge in [-0.2, -0.15) is 0 Å². The molecule has 0 fully saturated rings. The van der Waals surface area contributed by atoms with Crippen LogP contribution in [0.1, 0.15) is 19.5 Å². The summed E-state index contributed by atoms with van der Waals surface area (Å²) < 4.78 is 1.54. The fourth-order valence-electron chi connectivity index (χ4n) is 2.00. The molecule has 0 bridgehead atoms. The van der Waals surface area contributed by atoms with Crippen LogP contribution in [0.2, 0.25) is 5.02 Å². The van der Waals surface area contributed by atoms with Crippen molar-refractivity contribution in [1.29, 1.82) is 0 Å². The van der Waals surface area contributed by atoms with Gasteiger partial charge in [0.15, 0.2) is 0 Å². The Balaban J connectivity index is 2.85. The van der Waals surface area contributed by atoms with E-state index in [4.69, 9.17) is 11.6 Å². The molecule has 0 N–H and O–H groups in total. The first-order valence-corrected chi connectivity index (χ1v) is 7.89. The van der Waals surface area contributed by atoms with E-state index in [1.807, 2.05) is 19.9 Å². The van der Waals surface area contributed by atoms with Crippen molar-refractivity contribution in [3.8, 4) is 0 Å². The minimum Gasteiger partial charge on any atom is -0.258 e. The third kappa shape index (κ3) is 2.97. The molecule has 0 spiro atoms. The van der Waals surface area contributed by atoms with E-state index >= 15 is 0 Å². The maximum atomic E-state index is 11.3. The molecule has 2 rings (SSSR count). The first-order valence-electron chi connectivity index (χ1n) is 5.92. The number of pyridine rings is 1. The van der Waals surface area contributed by atoms with Crippen LogP contribution in [0.4, 0.5) is 5.69 Å². The normalized spacial score (nSPS) is 11.3. The van der Waals surface area contributed by atoms with Gasteiger partial charge in [-0.05, 0) is 40.4 Å². The van der Waals surface area contributed by atoms with E-state index in [0.29, 0.717) is 23.0 Å². The molecule has 0 atom stereocenters. The predicted octanol–water partition coefficient (Wildman–Crippen LogP) is 5.52. The average molecular weight is 423 g/mol. The molecule has 0 saturated carbocycles. The van der Waals surface area contributed by atoms with E-state index < -0.39 is 4.92 Å². The quantitative estimate of drug-likeness (QED) is 0.483. The molecule has 0 aliphatic rings. The van der Waals surface area contributed by atoms with Gasteiger partial charge in [0.2, 0.25) is 0 Å². The van der Waals surface area contributed by atoms with Crippen LogP contribution in [0.5, 0.6) is 0 Å². The van der Waals surface area contributed by atoms with Gasteiger partial charge in [-0.3, -0.25) is 10.1 Å². The maximum Gasteiger partial charge on any atom is 0.309 e. The van der Waals surface area contributed by atoms with E-state index in [1.54, 1.807) is 6.07 Å². The van der Waals surface area contributed by atoms with Crippen molar-refractivity contribution in [2.45, 2.75) is 20.3 Å². The molecule has 7 heteroatoms. The summed E-state index contributed by atoms with van der Waals surface area (Å²) in [7, 11) is 0. The van der Waals surface area contributed by atoms with E-state index in [-0.39, 0.29) is 16.6 Å². The zero-order valence-electron chi connectivity index (χ0n) is 10.8. The Hall–Kier alpha value is -0.720. The molecule has 1 aromatic heterocycles. The number of rotatable bonds is 3. The van der Waals surface area contributed by atoms with Crippen molar-refractivity contribution >= 4 is 60.1 Å². The first-order chi connectivity index (χ1) is 9.31. The van der Waals surface area contributed by atoms with Crippen LogP contribution in [-0.4, -0.2) is 9.91 Å². The molecular formula is C13H11Br2ClN2O2. The molecule has 4 nitrogen and oxygen atoms in total. The van der Waals surface area contributed by atoms with E-state index in [1.165, 1.54) is 0 Å². The van der Waals surface area contributed by atoms with Crippen molar-refractivity contribution in [1.82, 2.24) is 4.98 Å². The zero-order chi connectivity index (χ0) is 15.0. The predicted molar refractivity (Wildman–Crippen MR) is 87.3 cm³/mol. The van der Waals surface area contributed by atoms with Crippen molar-refractivity contribution in [2.75, 3.05) is 0 Å². The molecule has 0 aliphatic carbocycles. The Labute approximate surface area is 137 Å². The highest BCUT2D eigenvalue weighted by molar-refractivity contribution is 9.11. The number of hydrogen-bond acceptors (Lipinski definition) is 3. The lowest BCUT2D eigenvalue weighted by Crippen LogP contribution is -2.04. The van der Waals surface area contributed by atoms with Crippen molar-refractivity contribution in [2.24, 2.45) is 5.92 Å². The molecule has 0 saturated heterocycles. The van der Waals surface area contributed by atoms with Gasteiger partial charge < -0.3 is 0 Å². The molecule has 20 heavy (non-hydrogen) atoms. The SMILES string of the molecule is CC(C)Cc1nc2c(Br)cc(Br)cc2c(Cl)c1[N+](=O)[O-]. The Bertz CT molecular complexity index is 705. The molecule has 0 radical (unpaired) electrons. The number of benzene rings is 1. The van der Waals surface area contributed by atoms with Crippen LogP contribution in [0.15, 0.2) is 21.1 Å². The Morgan fingerprint density at radius 1 is 1.40 bits per heavy atom. The van der Waals surface area contributed by atoms with E-state index in [0.717, 1.165) is 8.95 Å². The topological polar surface area (TPSA) is 56.0 Å². The molecule has 2 aromatic rings. The van der Waals surface area contributed by atoms with Crippen LogP contribution in [0.3, 0.4) is 0 Å². The molecule has 0 amide bonds. The lowest BCUT2D eigenvalue weighted by molar-refractivity contribution is -0.385. The number of halogens is 3. The van der Waals surface area contributed by atoms with Crippen LogP contribution in [0, 0.1) is 16.0 Å². The maximum absolute atomic E-state index is 11.3. The van der Waals surface area contributed by atoms with Gasteiger partial charge in [0, 0.05) is 14.3 Å². The van der Waals surface area contributed by atoms with Gasteiger partial charge in [0.1, 0.15) is 10.7 Å². The van der Waals surface area contributed by atoms with Gasteiger partial charge in [0.05, 0.1) is 10.4 Å². The Morgan fingerprint density at radius 3 is 2.60 bits per heavy atom. The second kappa shape index (κ2) is 5.95. The van der Waals surface area contributed by atoms with E-state index in [2.05, 4.69) is 36.8 Å². The summed E-state index contributed by atoms with van der Waals surface area (Å²) in [5.74, 6) is 0.254. The number of fused-ring (bicyclic) bond motifs is 1. The van der Waals surface area contributed by atoms with Crippen molar-refractivity contribution in [3.05, 3.63) is 41.9 Å². The van der Waals surface area contributed by atoms with Gasteiger partial charge >= 0.3 is 5.69 Å². The minimum atomic E-state index is -0.457. The summed E-state index contributed by atoms with van der Waals surface area (Å²) in [6.45, 7) is 3.97. The lowest BCUT2D eigenvalue weighted by Gasteiger charge is -2.10. The molecule has 1 aromatic carbocycles. The molecule has 106 valence electrons. The summed E-state index contributed by atoms with van der Waals surface area (Å²) >= 11 is 13.0. The molecule has 1 heterocycles. The van der Waals surface area contributed by atoms with Crippen LogP contribution in [0.25, 0.3) is 10.9 Å². The van der Waals surface area contributed by atoms with Crippen LogP contribution < -0.4 is 0 Å². The highest BCUT2D eigenvalue weighted by atomic mass is 79.9. The fourth-order valence-corrected chi connectivity index (χ4v) is 3.64. The van der Waals surface area contributed by atoms with Crippen LogP contribution >= 0.6 is 43.5 Å². The number of nitrogens with zero attached hydrogens (tertiary/aromatic N) is 2. The Morgan fingerprint density at radius 2 is 2.05 bits per heavy atom. The van der Waals surface area contributed by atoms with Gasteiger partial charge in [-0.25, -0.2) is 4.98 Å². The van der Waals surface area contributed by atoms with Gasteiger partial charge in [-0.15, -0.1) is 0 Å². The van der Waals surface area contributed by atoms with Gasteiger partial charge in [-0.1, -0.05) is 41.4 Å². The first kappa shape index (κ1) is 15.7. The lowest BCUT2D eigenvalue weighted by atomic mass is 10.0.